The predicted molar refractivity (Wildman–Crippen MR) is 145 cm³/mol. The zero-order valence-corrected chi connectivity index (χ0v) is 20.9. The molecule has 1 fully saturated rings. The first-order valence-corrected chi connectivity index (χ1v) is 12.6. The van der Waals surface area contributed by atoms with E-state index >= 15 is 0 Å². The molecule has 2 aromatic carbocycles. The molecule has 0 bridgehead atoms. The van der Waals surface area contributed by atoms with Crippen LogP contribution in [0.1, 0.15) is 45.1 Å². The highest BCUT2D eigenvalue weighted by Crippen LogP contribution is 2.33. The second-order valence-corrected chi connectivity index (χ2v) is 9.50. The number of nitrogens with zero attached hydrogens (tertiary/aromatic N) is 6. The van der Waals surface area contributed by atoms with E-state index in [0.717, 1.165) is 40.9 Å². The standard InChI is InChI=1S/C27H29N9O/c1-17(37)29-18-12-14-19(15-13-18)30-24-23-25(36(16-28-23)20-8-4-3-5-9-20)33-26(32-24)34-27-31-21-10-6-7-11-22(21)35(27)2/h6-7,10-16,20H,3-5,8-9H2,1-2H3,(H,29,37)(H2,30,31,32,33,34). The number of amides is 1. The summed E-state index contributed by atoms with van der Waals surface area (Å²) < 4.78 is 4.19. The number of carbonyl (C=O) groups excluding carboxylic acids is 1. The third-order valence-electron chi connectivity index (χ3n) is 6.87. The third-order valence-corrected chi connectivity index (χ3v) is 6.87. The summed E-state index contributed by atoms with van der Waals surface area (Å²) in [5, 5.41) is 9.53. The minimum atomic E-state index is -0.107. The van der Waals surface area contributed by atoms with Crippen LogP contribution in [0.4, 0.5) is 29.1 Å². The first-order valence-electron chi connectivity index (χ1n) is 12.6. The van der Waals surface area contributed by atoms with Gasteiger partial charge in [0.1, 0.15) is 0 Å². The Hall–Kier alpha value is -4.47. The van der Waals surface area contributed by atoms with E-state index in [-0.39, 0.29) is 5.91 Å². The van der Waals surface area contributed by atoms with Crippen LogP contribution in [0.2, 0.25) is 0 Å². The Kier molecular flexibility index (Phi) is 5.91. The highest BCUT2D eigenvalue weighted by molar-refractivity contribution is 5.90. The summed E-state index contributed by atoms with van der Waals surface area (Å²) in [6, 6.07) is 15.9. The Labute approximate surface area is 214 Å². The highest BCUT2D eigenvalue weighted by Gasteiger charge is 2.21. The van der Waals surface area contributed by atoms with Gasteiger partial charge in [-0.3, -0.25) is 10.1 Å². The van der Waals surface area contributed by atoms with Gasteiger partial charge in [0, 0.05) is 31.4 Å². The molecule has 6 rings (SSSR count). The van der Waals surface area contributed by atoms with Crippen LogP contribution in [-0.4, -0.2) is 35.0 Å². The van der Waals surface area contributed by atoms with Crippen molar-refractivity contribution in [3.63, 3.8) is 0 Å². The molecular weight excluding hydrogens is 466 g/mol. The Morgan fingerprint density at radius 3 is 2.43 bits per heavy atom. The Balaban J connectivity index is 1.39. The molecule has 1 aliphatic rings. The Morgan fingerprint density at radius 2 is 1.68 bits per heavy atom. The first-order chi connectivity index (χ1) is 18.0. The van der Waals surface area contributed by atoms with Gasteiger partial charge in [-0.15, -0.1) is 0 Å². The molecule has 10 nitrogen and oxygen atoms in total. The largest absolute Gasteiger partial charge is 0.338 e. The van der Waals surface area contributed by atoms with Crippen LogP contribution in [0.25, 0.3) is 22.2 Å². The molecule has 10 heteroatoms. The van der Waals surface area contributed by atoms with Crippen molar-refractivity contribution in [1.82, 2.24) is 29.1 Å². The number of benzene rings is 2. The van der Waals surface area contributed by atoms with E-state index in [9.17, 15) is 4.79 Å². The highest BCUT2D eigenvalue weighted by atomic mass is 16.1. The van der Waals surface area contributed by atoms with E-state index in [0.29, 0.717) is 29.3 Å². The Bertz CT molecular complexity index is 1580. The van der Waals surface area contributed by atoms with Gasteiger partial charge in [-0.25, -0.2) is 9.97 Å². The number of imidazole rings is 2. The fourth-order valence-electron chi connectivity index (χ4n) is 5.02. The second-order valence-electron chi connectivity index (χ2n) is 9.50. The molecule has 5 aromatic rings. The van der Waals surface area contributed by atoms with Crippen LogP contribution < -0.4 is 16.0 Å². The summed E-state index contributed by atoms with van der Waals surface area (Å²) in [7, 11) is 1.97. The fraction of sp³-hybridized carbons (Fsp3) is 0.296. The number of aryl methyl sites for hydroxylation is 1. The second kappa shape index (κ2) is 9.53. The van der Waals surface area contributed by atoms with Crippen molar-refractivity contribution in [1.29, 1.82) is 0 Å². The number of anilines is 5. The van der Waals surface area contributed by atoms with Crippen LogP contribution in [0.5, 0.6) is 0 Å². The monoisotopic (exact) mass is 495 g/mol. The quantitative estimate of drug-likeness (QED) is 0.278. The SMILES string of the molecule is CC(=O)Nc1ccc(Nc2nc(Nc3nc4ccccc4n3C)nc3c2ncn3C2CCCCC2)cc1. The van der Waals surface area contributed by atoms with Gasteiger partial charge in [0.2, 0.25) is 17.8 Å². The molecule has 3 heterocycles. The van der Waals surface area contributed by atoms with Crippen LogP contribution in [0, 0.1) is 0 Å². The maximum Gasteiger partial charge on any atom is 0.233 e. The maximum atomic E-state index is 11.4. The number of nitrogens with one attached hydrogen (secondary N) is 3. The topological polar surface area (TPSA) is 115 Å². The van der Waals surface area contributed by atoms with Crippen molar-refractivity contribution in [2.24, 2.45) is 7.05 Å². The van der Waals surface area contributed by atoms with Crippen LogP contribution in [-0.2, 0) is 11.8 Å². The minimum absolute atomic E-state index is 0.107. The number of para-hydroxylation sites is 2. The zero-order valence-electron chi connectivity index (χ0n) is 20.9. The number of rotatable bonds is 6. The van der Waals surface area contributed by atoms with Gasteiger partial charge in [-0.1, -0.05) is 31.4 Å². The van der Waals surface area contributed by atoms with E-state index in [2.05, 4.69) is 20.5 Å². The van der Waals surface area contributed by atoms with E-state index in [1.807, 2.05) is 66.5 Å². The molecule has 0 atom stereocenters. The number of aromatic nitrogens is 6. The number of hydrogen-bond acceptors (Lipinski definition) is 7. The summed E-state index contributed by atoms with van der Waals surface area (Å²) in [6.07, 6.45) is 7.84. The van der Waals surface area contributed by atoms with Gasteiger partial charge < -0.3 is 19.8 Å². The van der Waals surface area contributed by atoms with Gasteiger partial charge in [-0.2, -0.15) is 9.97 Å². The van der Waals surface area contributed by atoms with Crippen molar-refractivity contribution in [3.05, 3.63) is 54.9 Å². The lowest BCUT2D eigenvalue weighted by Crippen LogP contribution is -2.13. The zero-order chi connectivity index (χ0) is 25.4. The molecule has 3 N–H and O–H groups in total. The van der Waals surface area contributed by atoms with Crippen molar-refractivity contribution in [3.8, 4) is 0 Å². The summed E-state index contributed by atoms with van der Waals surface area (Å²) in [5.41, 5.74) is 4.99. The van der Waals surface area contributed by atoms with E-state index in [1.54, 1.807) is 0 Å². The summed E-state index contributed by atoms with van der Waals surface area (Å²) >= 11 is 0. The smallest absolute Gasteiger partial charge is 0.233 e. The minimum Gasteiger partial charge on any atom is -0.338 e. The Morgan fingerprint density at radius 1 is 0.919 bits per heavy atom. The van der Waals surface area contributed by atoms with Crippen molar-refractivity contribution in [2.45, 2.75) is 45.1 Å². The van der Waals surface area contributed by atoms with Crippen LogP contribution >= 0.6 is 0 Å². The molecule has 0 saturated heterocycles. The average Bonchev–Trinajstić information content (AvgIpc) is 3.47. The van der Waals surface area contributed by atoms with Crippen molar-refractivity contribution >= 4 is 57.2 Å². The fourth-order valence-corrected chi connectivity index (χ4v) is 5.02. The lowest BCUT2D eigenvalue weighted by atomic mass is 9.95. The molecular formula is C27H29N9O. The number of hydrogen-bond donors (Lipinski definition) is 3. The molecule has 1 saturated carbocycles. The van der Waals surface area contributed by atoms with E-state index < -0.39 is 0 Å². The summed E-state index contributed by atoms with van der Waals surface area (Å²) in [4.78, 5) is 30.5. The molecule has 37 heavy (non-hydrogen) atoms. The van der Waals surface area contributed by atoms with Gasteiger partial charge in [-0.05, 0) is 49.2 Å². The van der Waals surface area contributed by atoms with E-state index in [1.165, 1.54) is 26.2 Å². The lowest BCUT2D eigenvalue weighted by molar-refractivity contribution is -0.114. The summed E-state index contributed by atoms with van der Waals surface area (Å²) in [6.45, 7) is 1.49. The molecule has 0 aliphatic heterocycles. The van der Waals surface area contributed by atoms with Gasteiger partial charge in [0.25, 0.3) is 0 Å². The van der Waals surface area contributed by atoms with Crippen molar-refractivity contribution in [2.75, 3.05) is 16.0 Å². The molecule has 3 aromatic heterocycles. The van der Waals surface area contributed by atoms with Crippen LogP contribution in [0.3, 0.4) is 0 Å². The molecule has 1 amide bonds. The van der Waals surface area contributed by atoms with Crippen molar-refractivity contribution < 1.29 is 4.79 Å². The molecule has 0 unspecified atom stereocenters. The predicted octanol–water partition coefficient (Wildman–Crippen LogP) is 5.66. The van der Waals surface area contributed by atoms with Gasteiger partial charge >= 0.3 is 0 Å². The molecule has 188 valence electrons. The normalized spacial score (nSPS) is 14.2. The third kappa shape index (κ3) is 4.57. The van der Waals surface area contributed by atoms with Gasteiger partial charge in [0.05, 0.1) is 17.4 Å². The molecule has 0 radical (unpaired) electrons. The summed E-state index contributed by atoms with van der Waals surface area (Å²) in [5.74, 6) is 1.60. The number of fused-ring (bicyclic) bond motifs is 2. The maximum absolute atomic E-state index is 11.4. The number of carbonyl (C=O) groups is 1. The molecule has 1 aliphatic carbocycles. The first kappa shape index (κ1) is 23.0. The lowest BCUT2D eigenvalue weighted by Gasteiger charge is -2.23. The van der Waals surface area contributed by atoms with Crippen LogP contribution in [0.15, 0.2) is 54.9 Å². The average molecular weight is 496 g/mol. The van der Waals surface area contributed by atoms with Gasteiger partial charge in [0.15, 0.2) is 17.0 Å². The molecule has 0 spiro atoms. The van der Waals surface area contributed by atoms with E-state index in [4.69, 9.17) is 19.9 Å².